The minimum absolute atomic E-state index is 0.0597. The number of hydrogen-bond donors (Lipinski definition) is 0. The molecule has 0 amide bonds. The quantitative estimate of drug-likeness (QED) is 0.755. The second kappa shape index (κ2) is 5.64. The summed E-state index contributed by atoms with van der Waals surface area (Å²) in [6, 6.07) is 2.16. The molecule has 1 fully saturated rings. The van der Waals surface area contributed by atoms with Crippen molar-refractivity contribution >= 4 is 5.78 Å². The molecule has 1 rings (SSSR count). The molecule has 1 saturated heterocycles. The molecule has 0 aliphatic carbocycles. The molecule has 0 saturated carbocycles. The predicted molar refractivity (Wildman–Crippen MR) is 66.2 cm³/mol. The standard InChI is InChI=1S/C14H23NO2/c1-8(2)6-12(7-15)14(16)13-9(3)10(4)17-11(13)5/h8-13H,6H2,1-5H3. The highest BCUT2D eigenvalue weighted by molar-refractivity contribution is 5.86. The minimum Gasteiger partial charge on any atom is -0.375 e. The zero-order valence-corrected chi connectivity index (χ0v) is 11.4. The lowest BCUT2D eigenvalue weighted by Gasteiger charge is -2.20. The van der Waals surface area contributed by atoms with Crippen LogP contribution in [0.4, 0.5) is 0 Å². The highest BCUT2D eigenvalue weighted by Gasteiger charge is 2.43. The van der Waals surface area contributed by atoms with E-state index in [0.717, 1.165) is 0 Å². The van der Waals surface area contributed by atoms with E-state index in [9.17, 15) is 4.79 Å². The molecule has 17 heavy (non-hydrogen) atoms. The molecule has 3 nitrogen and oxygen atoms in total. The van der Waals surface area contributed by atoms with Crippen LogP contribution in [0.5, 0.6) is 0 Å². The molecule has 1 aliphatic heterocycles. The largest absolute Gasteiger partial charge is 0.375 e. The molecule has 5 unspecified atom stereocenters. The fourth-order valence-electron chi connectivity index (χ4n) is 2.69. The summed E-state index contributed by atoms with van der Waals surface area (Å²) in [5.41, 5.74) is 0. The van der Waals surface area contributed by atoms with Gasteiger partial charge in [-0.1, -0.05) is 20.8 Å². The van der Waals surface area contributed by atoms with Crippen molar-refractivity contribution in [3.63, 3.8) is 0 Å². The van der Waals surface area contributed by atoms with Crippen molar-refractivity contribution < 1.29 is 9.53 Å². The van der Waals surface area contributed by atoms with Gasteiger partial charge in [0.15, 0.2) is 5.78 Å². The Kier molecular flexibility index (Phi) is 4.70. The van der Waals surface area contributed by atoms with Crippen LogP contribution in [0, 0.1) is 35.0 Å². The van der Waals surface area contributed by atoms with E-state index >= 15 is 0 Å². The molecule has 0 aromatic heterocycles. The average molecular weight is 237 g/mol. The maximum Gasteiger partial charge on any atom is 0.156 e. The molecule has 0 N–H and O–H groups in total. The van der Waals surface area contributed by atoms with Gasteiger partial charge in [-0.05, 0) is 32.1 Å². The second-order valence-corrected chi connectivity index (χ2v) is 5.64. The van der Waals surface area contributed by atoms with Crippen LogP contribution in [0.1, 0.15) is 41.0 Å². The fraction of sp³-hybridized carbons (Fsp3) is 0.857. The minimum atomic E-state index is -0.473. The van der Waals surface area contributed by atoms with Crippen LogP contribution in [-0.2, 0) is 9.53 Å². The summed E-state index contributed by atoms with van der Waals surface area (Å²) < 4.78 is 5.68. The Bertz CT molecular complexity index is 319. The van der Waals surface area contributed by atoms with Gasteiger partial charge in [-0.2, -0.15) is 5.26 Å². The van der Waals surface area contributed by atoms with Gasteiger partial charge in [-0.3, -0.25) is 4.79 Å². The normalized spacial score (nSPS) is 34.6. The first-order valence-corrected chi connectivity index (χ1v) is 6.47. The zero-order chi connectivity index (χ0) is 13.2. The molecule has 96 valence electrons. The Balaban J connectivity index is 2.78. The number of carbonyl (C=O) groups is 1. The molecular weight excluding hydrogens is 214 g/mol. The summed E-state index contributed by atoms with van der Waals surface area (Å²) in [4.78, 5) is 12.4. The smallest absolute Gasteiger partial charge is 0.156 e. The van der Waals surface area contributed by atoms with Crippen molar-refractivity contribution in [3.8, 4) is 6.07 Å². The number of hydrogen-bond acceptors (Lipinski definition) is 3. The van der Waals surface area contributed by atoms with Gasteiger partial charge in [0.25, 0.3) is 0 Å². The van der Waals surface area contributed by atoms with Gasteiger partial charge in [-0.25, -0.2) is 0 Å². The Hall–Kier alpha value is -0.880. The zero-order valence-electron chi connectivity index (χ0n) is 11.4. The van der Waals surface area contributed by atoms with Crippen molar-refractivity contribution in [2.24, 2.45) is 23.7 Å². The Morgan fingerprint density at radius 1 is 1.29 bits per heavy atom. The van der Waals surface area contributed by atoms with Crippen LogP contribution in [0.25, 0.3) is 0 Å². The van der Waals surface area contributed by atoms with E-state index in [-0.39, 0.29) is 29.8 Å². The molecule has 3 heteroatoms. The number of Topliss-reactive ketones (excluding diaryl/α,β-unsaturated/α-hetero) is 1. The monoisotopic (exact) mass is 237 g/mol. The lowest BCUT2D eigenvalue weighted by Crippen LogP contribution is -2.32. The fourth-order valence-corrected chi connectivity index (χ4v) is 2.69. The summed E-state index contributed by atoms with van der Waals surface area (Å²) in [6.45, 7) is 10.1. The van der Waals surface area contributed by atoms with Crippen LogP contribution in [0.2, 0.25) is 0 Å². The number of carbonyl (C=O) groups excluding carboxylic acids is 1. The number of nitrogens with zero attached hydrogens (tertiary/aromatic N) is 1. The molecule has 5 atom stereocenters. The van der Waals surface area contributed by atoms with E-state index in [0.29, 0.717) is 12.3 Å². The summed E-state index contributed by atoms with van der Waals surface area (Å²) in [7, 11) is 0. The lowest BCUT2D eigenvalue weighted by molar-refractivity contribution is -0.127. The van der Waals surface area contributed by atoms with Gasteiger partial charge in [0.1, 0.15) is 5.92 Å². The molecule has 0 radical (unpaired) electrons. The number of ketones is 1. The Labute approximate surface area is 104 Å². The third kappa shape index (κ3) is 3.07. The second-order valence-electron chi connectivity index (χ2n) is 5.64. The molecule has 0 bridgehead atoms. The highest BCUT2D eigenvalue weighted by atomic mass is 16.5. The Morgan fingerprint density at radius 2 is 1.88 bits per heavy atom. The lowest BCUT2D eigenvalue weighted by atomic mass is 9.79. The number of ether oxygens (including phenoxy) is 1. The average Bonchev–Trinajstić information content (AvgIpc) is 2.48. The number of rotatable bonds is 4. The highest BCUT2D eigenvalue weighted by Crippen LogP contribution is 2.35. The summed E-state index contributed by atoms with van der Waals surface area (Å²) in [6.07, 6.45) is 0.701. The van der Waals surface area contributed by atoms with E-state index in [2.05, 4.69) is 6.07 Å². The van der Waals surface area contributed by atoms with Gasteiger partial charge in [0.05, 0.1) is 24.2 Å². The van der Waals surface area contributed by atoms with Crippen molar-refractivity contribution in [2.75, 3.05) is 0 Å². The maximum absolute atomic E-state index is 12.4. The van der Waals surface area contributed by atoms with E-state index in [4.69, 9.17) is 10.00 Å². The first-order valence-electron chi connectivity index (χ1n) is 6.47. The van der Waals surface area contributed by atoms with Crippen LogP contribution >= 0.6 is 0 Å². The molecule has 0 aromatic rings. The van der Waals surface area contributed by atoms with E-state index in [1.807, 2.05) is 34.6 Å². The first-order chi connectivity index (χ1) is 7.88. The van der Waals surface area contributed by atoms with Crippen LogP contribution in [0.15, 0.2) is 0 Å². The van der Waals surface area contributed by atoms with Crippen molar-refractivity contribution in [1.29, 1.82) is 5.26 Å². The van der Waals surface area contributed by atoms with Crippen LogP contribution in [-0.4, -0.2) is 18.0 Å². The molecule has 0 aromatic carbocycles. The van der Waals surface area contributed by atoms with Gasteiger partial charge in [0.2, 0.25) is 0 Å². The van der Waals surface area contributed by atoms with Crippen LogP contribution < -0.4 is 0 Å². The Morgan fingerprint density at radius 3 is 2.24 bits per heavy atom. The first kappa shape index (κ1) is 14.2. The summed E-state index contributed by atoms with van der Waals surface area (Å²) in [5.74, 6) is 0.0622. The molecule has 0 spiro atoms. The van der Waals surface area contributed by atoms with Crippen LogP contribution in [0.3, 0.4) is 0 Å². The van der Waals surface area contributed by atoms with Crippen molar-refractivity contribution in [1.82, 2.24) is 0 Å². The molecule has 1 aliphatic rings. The topological polar surface area (TPSA) is 50.1 Å². The van der Waals surface area contributed by atoms with E-state index in [1.54, 1.807) is 0 Å². The summed E-state index contributed by atoms with van der Waals surface area (Å²) >= 11 is 0. The summed E-state index contributed by atoms with van der Waals surface area (Å²) in [5, 5.41) is 9.13. The van der Waals surface area contributed by atoms with Gasteiger partial charge in [0, 0.05) is 0 Å². The third-order valence-electron chi connectivity index (χ3n) is 3.78. The predicted octanol–water partition coefficient (Wildman–Crippen LogP) is 2.80. The third-order valence-corrected chi connectivity index (χ3v) is 3.78. The van der Waals surface area contributed by atoms with Crippen molar-refractivity contribution in [3.05, 3.63) is 0 Å². The van der Waals surface area contributed by atoms with E-state index in [1.165, 1.54) is 0 Å². The molecule has 1 heterocycles. The van der Waals surface area contributed by atoms with Gasteiger partial charge >= 0.3 is 0 Å². The maximum atomic E-state index is 12.4. The van der Waals surface area contributed by atoms with Gasteiger partial charge < -0.3 is 4.74 Å². The van der Waals surface area contributed by atoms with E-state index < -0.39 is 5.92 Å². The SMILES string of the molecule is CC(C)CC(C#N)C(=O)C1C(C)OC(C)C1C. The number of nitriles is 1. The van der Waals surface area contributed by atoms with Crippen molar-refractivity contribution in [2.45, 2.75) is 53.2 Å². The molecular formula is C14H23NO2. The van der Waals surface area contributed by atoms with Gasteiger partial charge in [-0.15, -0.1) is 0 Å².